The molecule has 0 saturated heterocycles. The van der Waals surface area contributed by atoms with Crippen LogP contribution < -0.4 is 5.32 Å². The van der Waals surface area contributed by atoms with Crippen LogP contribution in [0.3, 0.4) is 0 Å². The SMILES string of the molecule is O=C(O)c1nc2c(s1)CCNC2=O. The summed E-state index contributed by atoms with van der Waals surface area (Å²) in [5, 5.41) is 11.2. The maximum atomic E-state index is 11.2. The quantitative estimate of drug-likeness (QED) is 0.672. The molecule has 0 radical (unpaired) electrons. The summed E-state index contributed by atoms with van der Waals surface area (Å²) in [4.78, 5) is 26.2. The number of rotatable bonds is 1. The minimum atomic E-state index is -1.08. The predicted octanol–water partition coefficient (Wildman–Crippen LogP) is 0.127. The molecule has 0 bridgehead atoms. The number of nitrogens with one attached hydrogen (secondary N) is 1. The van der Waals surface area contributed by atoms with Crippen molar-refractivity contribution in [1.82, 2.24) is 10.3 Å². The number of amides is 1. The van der Waals surface area contributed by atoms with Crippen LogP contribution in [0.25, 0.3) is 0 Å². The number of carboxylic acids is 1. The number of carbonyl (C=O) groups excluding carboxylic acids is 1. The summed E-state index contributed by atoms with van der Waals surface area (Å²) >= 11 is 1.08. The Hall–Kier alpha value is -1.43. The lowest BCUT2D eigenvalue weighted by Crippen LogP contribution is -2.31. The van der Waals surface area contributed by atoms with Gasteiger partial charge in [0.15, 0.2) is 0 Å². The lowest BCUT2D eigenvalue weighted by Gasteiger charge is -2.09. The second-order valence-electron chi connectivity index (χ2n) is 2.60. The number of fused-ring (bicyclic) bond motifs is 1. The molecule has 2 heterocycles. The van der Waals surface area contributed by atoms with E-state index in [2.05, 4.69) is 10.3 Å². The molecule has 0 atom stereocenters. The van der Waals surface area contributed by atoms with Gasteiger partial charge in [-0.25, -0.2) is 9.78 Å². The molecule has 2 rings (SSSR count). The molecule has 1 aromatic rings. The Bertz CT molecular complexity index is 385. The number of carbonyl (C=O) groups is 2. The van der Waals surface area contributed by atoms with Crippen LogP contribution in [0.4, 0.5) is 0 Å². The molecule has 1 aromatic heterocycles. The van der Waals surface area contributed by atoms with Crippen LogP contribution in [0.15, 0.2) is 0 Å². The van der Waals surface area contributed by atoms with E-state index in [1.54, 1.807) is 0 Å². The second kappa shape index (κ2) is 2.81. The first kappa shape index (κ1) is 8.18. The van der Waals surface area contributed by atoms with Crippen molar-refractivity contribution in [2.24, 2.45) is 0 Å². The molecule has 0 aromatic carbocycles. The van der Waals surface area contributed by atoms with Crippen LogP contribution in [0.2, 0.25) is 0 Å². The van der Waals surface area contributed by atoms with Gasteiger partial charge in [-0.15, -0.1) is 11.3 Å². The van der Waals surface area contributed by atoms with Crippen molar-refractivity contribution in [2.75, 3.05) is 6.54 Å². The largest absolute Gasteiger partial charge is 0.476 e. The molecule has 13 heavy (non-hydrogen) atoms. The number of hydrogen-bond donors (Lipinski definition) is 2. The Labute approximate surface area is 77.4 Å². The molecule has 6 heteroatoms. The van der Waals surface area contributed by atoms with Gasteiger partial charge < -0.3 is 10.4 Å². The van der Waals surface area contributed by atoms with E-state index in [1.807, 2.05) is 0 Å². The van der Waals surface area contributed by atoms with Gasteiger partial charge in [0.05, 0.1) is 0 Å². The third kappa shape index (κ3) is 1.29. The molecule has 68 valence electrons. The first-order valence-electron chi connectivity index (χ1n) is 3.69. The molecular weight excluding hydrogens is 192 g/mol. The molecule has 1 aliphatic heterocycles. The average Bonchev–Trinajstić information content (AvgIpc) is 2.49. The van der Waals surface area contributed by atoms with Gasteiger partial charge in [-0.2, -0.15) is 0 Å². The number of thiazole rings is 1. The number of nitrogens with zero attached hydrogens (tertiary/aromatic N) is 1. The molecule has 0 aliphatic carbocycles. The normalized spacial score (nSPS) is 14.9. The van der Waals surface area contributed by atoms with Gasteiger partial charge in [-0.05, 0) is 0 Å². The zero-order valence-electron chi connectivity index (χ0n) is 6.53. The summed E-state index contributed by atoms with van der Waals surface area (Å²) in [6, 6.07) is 0. The highest BCUT2D eigenvalue weighted by molar-refractivity contribution is 7.13. The van der Waals surface area contributed by atoms with Gasteiger partial charge in [0.25, 0.3) is 5.91 Å². The van der Waals surface area contributed by atoms with Gasteiger partial charge in [0, 0.05) is 17.8 Å². The second-order valence-corrected chi connectivity index (χ2v) is 3.69. The summed E-state index contributed by atoms with van der Waals surface area (Å²) in [5.74, 6) is -1.35. The fourth-order valence-corrected chi connectivity index (χ4v) is 2.06. The highest BCUT2D eigenvalue weighted by Gasteiger charge is 2.23. The van der Waals surface area contributed by atoms with Crippen LogP contribution in [-0.2, 0) is 6.42 Å². The van der Waals surface area contributed by atoms with E-state index in [1.165, 1.54) is 0 Å². The first-order chi connectivity index (χ1) is 6.18. The van der Waals surface area contributed by atoms with Gasteiger partial charge in [-0.1, -0.05) is 0 Å². The van der Waals surface area contributed by atoms with Crippen molar-refractivity contribution in [3.8, 4) is 0 Å². The molecule has 1 aliphatic rings. The van der Waals surface area contributed by atoms with Crippen LogP contribution in [-0.4, -0.2) is 28.5 Å². The van der Waals surface area contributed by atoms with Gasteiger partial charge in [0.1, 0.15) is 5.69 Å². The van der Waals surface area contributed by atoms with Crippen molar-refractivity contribution >= 4 is 23.2 Å². The van der Waals surface area contributed by atoms with E-state index in [-0.39, 0.29) is 16.6 Å². The fraction of sp³-hybridized carbons (Fsp3) is 0.286. The zero-order valence-corrected chi connectivity index (χ0v) is 7.35. The topological polar surface area (TPSA) is 79.3 Å². The third-order valence-corrected chi connectivity index (χ3v) is 2.84. The van der Waals surface area contributed by atoms with Crippen LogP contribution in [0.1, 0.15) is 25.2 Å². The van der Waals surface area contributed by atoms with E-state index < -0.39 is 5.97 Å². The molecule has 0 saturated carbocycles. The minimum absolute atomic E-state index is 0.0120. The maximum Gasteiger partial charge on any atom is 0.365 e. The maximum absolute atomic E-state index is 11.2. The Morgan fingerprint density at radius 3 is 3.00 bits per heavy atom. The lowest BCUT2D eigenvalue weighted by atomic mass is 10.2. The lowest BCUT2D eigenvalue weighted by molar-refractivity contribution is 0.0696. The summed E-state index contributed by atoms with van der Waals surface area (Å²) in [6.45, 7) is 0.563. The molecule has 5 nitrogen and oxygen atoms in total. The highest BCUT2D eigenvalue weighted by atomic mass is 32.1. The Morgan fingerprint density at radius 1 is 1.62 bits per heavy atom. The summed E-state index contributed by atoms with van der Waals surface area (Å²) in [5.41, 5.74) is 0.272. The van der Waals surface area contributed by atoms with Crippen molar-refractivity contribution in [1.29, 1.82) is 0 Å². The Morgan fingerprint density at radius 2 is 2.38 bits per heavy atom. The van der Waals surface area contributed by atoms with Crippen molar-refractivity contribution in [2.45, 2.75) is 6.42 Å². The molecule has 0 spiro atoms. The summed E-state index contributed by atoms with van der Waals surface area (Å²) in [7, 11) is 0. The predicted molar refractivity (Wildman–Crippen MR) is 45.1 cm³/mol. The molecule has 0 fully saturated rings. The monoisotopic (exact) mass is 198 g/mol. The van der Waals surface area contributed by atoms with Crippen molar-refractivity contribution in [3.63, 3.8) is 0 Å². The standard InChI is InChI=1S/C7H6N2O3S/c10-5-4-3(1-2-8-5)13-6(9-4)7(11)12/h1-2H2,(H,8,10)(H,11,12). The fourth-order valence-electron chi connectivity index (χ4n) is 1.16. The number of aromatic carboxylic acids is 1. The van der Waals surface area contributed by atoms with Crippen molar-refractivity contribution < 1.29 is 14.7 Å². The zero-order chi connectivity index (χ0) is 9.42. The number of aromatic nitrogens is 1. The average molecular weight is 198 g/mol. The van der Waals surface area contributed by atoms with Crippen LogP contribution in [0.5, 0.6) is 0 Å². The number of carboxylic acid groups (broad SMARTS) is 1. The number of hydrogen-bond acceptors (Lipinski definition) is 4. The molecule has 1 amide bonds. The van der Waals surface area contributed by atoms with E-state index in [0.717, 1.165) is 16.2 Å². The summed E-state index contributed by atoms with van der Waals surface area (Å²) in [6.07, 6.45) is 0.673. The van der Waals surface area contributed by atoms with Gasteiger partial charge in [-0.3, -0.25) is 4.79 Å². The van der Waals surface area contributed by atoms with E-state index in [4.69, 9.17) is 5.11 Å². The van der Waals surface area contributed by atoms with E-state index in [0.29, 0.717) is 13.0 Å². The molecule has 2 N–H and O–H groups in total. The highest BCUT2D eigenvalue weighted by Crippen LogP contribution is 2.21. The van der Waals surface area contributed by atoms with Gasteiger partial charge >= 0.3 is 5.97 Å². The Kier molecular flexibility index (Phi) is 1.77. The first-order valence-corrected chi connectivity index (χ1v) is 4.51. The van der Waals surface area contributed by atoms with Crippen molar-refractivity contribution in [3.05, 3.63) is 15.6 Å². The van der Waals surface area contributed by atoms with E-state index in [9.17, 15) is 9.59 Å². The Balaban J connectivity index is 2.48. The summed E-state index contributed by atoms with van der Waals surface area (Å²) < 4.78 is 0. The smallest absolute Gasteiger partial charge is 0.365 e. The van der Waals surface area contributed by atoms with E-state index >= 15 is 0 Å². The molecular formula is C7H6N2O3S. The minimum Gasteiger partial charge on any atom is -0.476 e. The van der Waals surface area contributed by atoms with Crippen LogP contribution >= 0.6 is 11.3 Å². The van der Waals surface area contributed by atoms with Crippen LogP contribution in [0, 0.1) is 0 Å². The third-order valence-electron chi connectivity index (χ3n) is 1.73. The van der Waals surface area contributed by atoms with Gasteiger partial charge in [0.2, 0.25) is 5.01 Å². The molecule has 0 unspecified atom stereocenters.